The van der Waals surface area contributed by atoms with Crippen molar-refractivity contribution in [3.05, 3.63) is 51.7 Å². The van der Waals surface area contributed by atoms with Gasteiger partial charge in [-0.2, -0.15) is 0 Å². The third-order valence-corrected chi connectivity index (χ3v) is 3.89. The average molecular weight is 275 g/mol. The van der Waals surface area contributed by atoms with Gasteiger partial charge in [0.05, 0.1) is 0 Å². The van der Waals surface area contributed by atoms with Crippen LogP contribution in [0.15, 0.2) is 35.7 Å². The monoisotopic (exact) mass is 275 g/mol. The Hall–Kier alpha value is -1.81. The summed E-state index contributed by atoms with van der Waals surface area (Å²) in [7, 11) is 0. The van der Waals surface area contributed by atoms with Crippen LogP contribution in [0.4, 0.5) is 5.69 Å². The number of rotatable bonds is 6. The third kappa shape index (κ3) is 4.10. The van der Waals surface area contributed by atoms with Crippen LogP contribution >= 0.6 is 11.3 Å². The first-order chi connectivity index (χ1) is 9.15. The largest absolute Gasteiger partial charge is 0.481 e. The van der Waals surface area contributed by atoms with E-state index in [9.17, 15) is 4.79 Å². The number of hydrogen-bond donors (Lipinski definition) is 2. The Labute approximate surface area is 116 Å². The van der Waals surface area contributed by atoms with Crippen molar-refractivity contribution in [2.75, 3.05) is 5.32 Å². The summed E-state index contributed by atoms with van der Waals surface area (Å²) in [5, 5.41) is 14.2. The lowest BCUT2D eigenvalue weighted by Gasteiger charge is -2.08. The molecule has 2 rings (SSSR count). The van der Waals surface area contributed by atoms with Crippen molar-refractivity contribution in [1.82, 2.24) is 0 Å². The van der Waals surface area contributed by atoms with Crippen molar-refractivity contribution in [3.8, 4) is 0 Å². The summed E-state index contributed by atoms with van der Waals surface area (Å²) in [6.07, 6.45) is 0.745. The fourth-order valence-electron chi connectivity index (χ4n) is 1.88. The van der Waals surface area contributed by atoms with Crippen molar-refractivity contribution in [3.63, 3.8) is 0 Å². The fourth-order valence-corrected chi connectivity index (χ4v) is 2.61. The summed E-state index contributed by atoms with van der Waals surface area (Å²) >= 11 is 1.75. The molecule has 0 fully saturated rings. The molecule has 2 aromatic rings. The zero-order valence-corrected chi connectivity index (χ0v) is 11.7. The van der Waals surface area contributed by atoms with Crippen LogP contribution in [0.3, 0.4) is 0 Å². The molecule has 0 spiro atoms. The normalized spacial score (nSPS) is 10.4. The molecule has 1 heterocycles. The fraction of sp³-hybridized carbons (Fsp3) is 0.267. The van der Waals surface area contributed by atoms with Gasteiger partial charge in [-0.3, -0.25) is 4.79 Å². The average Bonchev–Trinajstić information content (AvgIpc) is 2.80. The highest BCUT2D eigenvalue weighted by Crippen LogP contribution is 2.18. The molecule has 0 aliphatic carbocycles. The Balaban J connectivity index is 1.95. The van der Waals surface area contributed by atoms with Crippen molar-refractivity contribution >= 4 is 23.0 Å². The minimum Gasteiger partial charge on any atom is -0.481 e. The molecule has 3 nitrogen and oxygen atoms in total. The molecule has 0 atom stereocenters. The van der Waals surface area contributed by atoms with E-state index in [0.717, 1.165) is 17.8 Å². The number of hydrogen-bond acceptors (Lipinski definition) is 3. The van der Waals surface area contributed by atoms with Gasteiger partial charge in [-0.25, -0.2) is 0 Å². The van der Waals surface area contributed by atoms with Crippen LogP contribution in [0.5, 0.6) is 0 Å². The van der Waals surface area contributed by atoms with Crippen LogP contribution in [0.1, 0.15) is 22.4 Å². The standard InChI is InChI=1S/C15H17NO2S/c1-11-13(7-8-19-11)10-16-14-4-2-3-12(9-14)5-6-15(17)18/h2-4,7-9,16H,5-6,10H2,1H3,(H,17,18). The molecule has 2 N–H and O–H groups in total. The molecule has 1 aromatic heterocycles. The highest BCUT2D eigenvalue weighted by Gasteiger charge is 2.02. The molecule has 0 aliphatic heterocycles. The lowest BCUT2D eigenvalue weighted by Crippen LogP contribution is -2.01. The number of thiophene rings is 1. The predicted octanol–water partition coefficient (Wildman–Crippen LogP) is 3.69. The number of carboxylic acid groups (broad SMARTS) is 1. The molecule has 100 valence electrons. The van der Waals surface area contributed by atoms with Gasteiger partial charge >= 0.3 is 5.97 Å². The Morgan fingerprint density at radius 3 is 2.89 bits per heavy atom. The van der Waals surface area contributed by atoms with Crippen LogP contribution in [0, 0.1) is 6.92 Å². The Morgan fingerprint density at radius 2 is 2.21 bits per heavy atom. The second-order valence-electron chi connectivity index (χ2n) is 4.45. The van der Waals surface area contributed by atoms with E-state index in [1.165, 1.54) is 10.4 Å². The lowest BCUT2D eigenvalue weighted by atomic mass is 10.1. The molecule has 0 saturated heterocycles. The number of nitrogens with one attached hydrogen (secondary N) is 1. The van der Waals surface area contributed by atoms with Gasteiger partial charge in [0, 0.05) is 23.5 Å². The van der Waals surface area contributed by atoms with E-state index in [2.05, 4.69) is 23.7 Å². The number of aryl methyl sites for hydroxylation is 2. The zero-order valence-electron chi connectivity index (χ0n) is 10.8. The second kappa shape index (κ2) is 6.38. The van der Waals surface area contributed by atoms with E-state index >= 15 is 0 Å². The van der Waals surface area contributed by atoms with Gasteiger partial charge in [0.25, 0.3) is 0 Å². The van der Waals surface area contributed by atoms with Gasteiger partial charge in [0.1, 0.15) is 0 Å². The molecule has 0 radical (unpaired) electrons. The SMILES string of the molecule is Cc1sccc1CNc1cccc(CCC(=O)O)c1. The van der Waals surface area contributed by atoms with E-state index in [0.29, 0.717) is 6.42 Å². The Bertz CT molecular complexity index is 563. The molecule has 0 amide bonds. The van der Waals surface area contributed by atoms with Crippen molar-refractivity contribution in [2.45, 2.75) is 26.3 Å². The molecule has 19 heavy (non-hydrogen) atoms. The third-order valence-electron chi connectivity index (χ3n) is 3.00. The summed E-state index contributed by atoms with van der Waals surface area (Å²) in [4.78, 5) is 11.9. The van der Waals surface area contributed by atoms with Crippen molar-refractivity contribution < 1.29 is 9.90 Å². The molecule has 1 aromatic carbocycles. The van der Waals surface area contributed by atoms with E-state index in [1.54, 1.807) is 11.3 Å². The van der Waals surface area contributed by atoms with E-state index in [-0.39, 0.29) is 6.42 Å². The van der Waals surface area contributed by atoms with Crippen molar-refractivity contribution in [1.29, 1.82) is 0 Å². The van der Waals surface area contributed by atoms with Crippen LogP contribution in [-0.2, 0) is 17.8 Å². The zero-order chi connectivity index (χ0) is 13.7. The molecule has 0 aliphatic rings. The summed E-state index contributed by atoms with van der Waals surface area (Å²) in [5.41, 5.74) is 3.39. The van der Waals surface area contributed by atoms with Crippen LogP contribution in [0.2, 0.25) is 0 Å². The Morgan fingerprint density at radius 1 is 1.37 bits per heavy atom. The first kappa shape index (κ1) is 13.6. The van der Waals surface area contributed by atoms with Crippen molar-refractivity contribution in [2.24, 2.45) is 0 Å². The molecule has 4 heteroatoms. The van der Waals surface area contributed by atoms with Crippen LogP contribution < -0.4 is 5.32 Å². The smallest absolute Gasteiger partial charge is 0.303 e. The van der Waals surface area contributed by atoms with Crippen LogP contribution in [0.25, 0.3) is 0 Å². The molecule has 0 saturated carbocycles. The first-order valence-corrected chi connectivity index (χ1v) is 7.10. The van der Waals surface area contributed by atoms with Gasteiger partial charge in [-0.15, -0.1) is 11.3 Å². The minimum absolute atomic E-state index is 0.174. The topological polar surface area (TPSA) is 49.3 Å². The second-order valence-corrected chi connectivity index (χ2v) is 5.57. The first-order valence-electron chi connectivity index (χ1n) is 6.23. The van der Waals surface area contributed by atoms with Gasteiger partial charge < -0.3 is 10.4 Å². The highest BCUT2D eigenvalue weighted by atomic mass is 32.1. The number of carbonyl (C=O) groups is 1. The van der Waals surface area contributed by atoms with E-state index in [1.807, 2.05) is 24.3 Å². The molecule has 0 bridgehead atoms. The van der Waals surface area contributed by atoms with Gasteiger partial charge in [0.2, 0.25) is 0 Å². The van der Waals surface area contributed by atoms with Gasteiger partial charge in [-0.05, 0) is 48.1 Å². The van der Waals surface area contributed by atoms with E-state index < -0.39 is 5.97 Å². The minimum atomic E-state index is -0.757. The maximum Gasteiger partial charge on any atom is 0.303 e. The number of aliphatic carboxylic acids is 1. The number of benzene rings is 1. The summed E-state index contributed by atoms with van der Waals surface area (Å²) in [6.45, 7) is 2.92. The molecular weight excluding hydrogens is 258 g/mol. The Kier molecular flexibility index (Phi) is 4.58. The maximum atomic E-state index is 10.6. The summed E-state index contributed by atoms with van der Waals surface area (Å²) < 4.78 is 0. The highest BCUT2D eigenvalue weighted by molar-refractivity contribution is 7.10. The molecular formula is C15H17NO2S. The quantitative estimate of drug-likeness (QED) is 0.845. The molecule has 0 unspecified atom stereocenters. The van der Waals surface area contributed by atoms with Gasteiger partial charge in [0.15, 0.2) is 0 Å². The number of carboxylic acids is 1. The maximum absolute atomic E-state index is 10.6. The lowest BCUT2D eigenvalue weighted by molar-refractivity contribution is -0.136. The predicted molar refractivity (Wildman–Crippen MR) is 78.8 cm³/mol. The summed E-state index contributed by atoms with van der Waals surface area (Å²) in [6, 6.07) is 10.1. The summed E-state index contributed by atoms with van der Waals surface area (Å²) in [5.74, 6) is -0.757. The van der Waals surface area contributed by atoms with Gasteiger partial charge in [-0.1, -0.05) is 12.1 Å². The van der Waals surface area contributed by atoms with Crippen LogP contribution in [-0.4, -0.2) is 11.1 Å². The van der Waals surface area contributed by atoms with E-state index in [4.69, 9.17) is 5.11 Å². The number of anilines is 1.